The maximum absolute atomic E-state index is 10.1. The van der Waals surface area contributed by atoms with Crippen LogP contribution < -0.4 is 5.32 Å². The van der Waals surface area contributed by atoms with Crippen LogP contribution in [0, 0.1) is 11.8 Å². The van der Waals surface area contributed by atoms with E-state index in [0.29, 0.717) is 36.7 Å². The van der Waals surface area contributed by atoms with Crippen molar-refractivity contribution in [1.29, 1.82) is 0 Å². The summed E-state index contributed by atoms with van der Waals surface area (Å²) in [4.78, 5) is 0. The minimum Gasteiger partial charge on any atom is -0.389 e. The molecule has 124 valence electrons. The molecule has 3 nitrogen and oxygen atoms in total. The lowest BCUT2D eigenvalue weighted by molar-refractivity contribution is 0.0251. The Kier molecular flexibility index (Phi) is 7.16. The van der Waals surface area contributed by atoms with Gasteiger partial charge in [-0.05, 0) is 29.9 Å². The molecule has 22 heavy (non-hydrogen) atoms. The molecule has 4 unspecified atom stereocenters. The summed E-state index contributed by atoms with van der Waals surface area (Å²) in [6.45, 7) is 5.98. The van der Waals surface area contributed by atoms with E-state index in [2.05, 4.69) is 19.2 Å². The number of ether oxygens (including phenoxy) is 1. The SMILES string of the molecule is CC1CCCC(NCC(O)COCc2ccccc2Cl)C1C. The first-order chi connectivity index (χ1) is 10.6. The number of rotatable bonds is 7. The molecule has 0 saturated heterocycles. The fraction of sp³-hybridized carbons (Fsp3) is 0.667. The van der Waals surface area contributed by atoms with Crippen molar-refractivity contribution in [3.63, 3.8) is 0 Å². The molecule has 1 fully saturated rings. The molecule has 0 radical (unpaired) electrons. The summed E-state index contributed by atoms with van der Waals surface area (Å²) < 4.78 is 5.58. The van der Waals surface area contributed by atoms with Crippen molar-refractivity contribution >= 4 is 11.6 Å². The molecule has 4 heteroatoms. The van der Waals surface area contributed by atoms with E-state index < -0.39 is 6.10 Å². The third kappa shape index (κ3) is 5.24. The summed E-state index contributed by atoms with van der Waals surface area (Å²) >= 11 is 6.08. The van der Waals surface area contributed by atoms with Gasteiger partial charge in [-0.3, -0.25) is 0 Å². The van der Waals surface area contributed by atoms with Gasteiger partial charge in [0.2, 0.25) is 0 Å². The smallest absolute Gasteiger partial charge is 0.0897 e. The van der Waals surface area contributed by atoms with E-state index in [9.17, 15) is 5.11 Å². The van der Waals surface area contributed by atoms with Gasteiger partial charge < -0.3 is 15.2 Å². The lowest BCUT2D eigenvalue weighted by Crippen LogP contribution is -2.44. The highest BCUT2D eigenvalue weighted by Crippen LogP contribution is 2.29. The Labute approximate surface area is 139 Å². The van der Waals surface area contributed by atoms with Gasteiger partial charge in [0.1, 0.15) is 0 Å². The van der Waals surface area contributed by atoms with Crippen LogP contribution in [0.4, 0.5) is 0 Å². The normalized spacial score (nSPS) is 26.8. The summed E-state index contributed by atoms with van der Waals surface area (Å²) in [5.74, 6) is 1.44. The predicted octanol–water partition coefficient (Wildman–Crippen LogP) is 3.63. The topological polar surface area (TPSA) is 41.5 Å². The number of hydrogen-bond donors (Lipinski definition) is 2. The Morgan fingerprint density at radius 3 is 2.86 bits per heavy atom. The van der Waals surface area contributed by atoms with Crippen molar-refractivity contribution in [2.24, 2.45) is 11.8 Å². The Morgan fingerprint density at radius 1 is 1.32 bits per heavy atom. The lowest BCUT2D eigenvalue weighted by atomic mass is 9.78. The highest BCUT2D eigenvalue weighted by Gasteiger charge is 2.26. The summed E-state index contributed by atoms with van der Waals surface area (Å²) in [5.41, 5.74) is 0.957. The first kappa shape index (κ1) is 17.7. The van der Waals surface area contributed by atoms with Crippen LogP contribution in [-0.4, -0.2) is 30.4 Å². The second-order valence-corrected chi connectivity index (χ2v) is 6.95. The van der Waals surface area contributed by atoms with E-state index >= 15 is 0 Å². The number of benzene rings is 1. The maximum Gasteiger partial charge on any atom is 0.0897 e. The maximum atomic E-state index is 10.1. The largest absolute Gasteiger partial charge is 0.389 e. The first-order valence-electron chi connectivity index (χ1n) is 8.30. The molecule has 0 amide bonds. The number of hydrogen-bond acceptors (Lipinski definition) is 3. The van der Waals surface area contributed by atoms with E-state index in [4.69, 9.17) is 16.3 Å². The van der Waals surface area contributed by atoms with E-state index in [1.807, 2.05) is 24.3 Å². The minimum atomic E-state index is -0.480. The summed E-state index contributed by atoms with van der Waals surface area (Å²) in [5, 5.41) is 14.3. The van der Waals surface area contributed by atoms with E-state index in [1.54, 1.807) is 0 Å². The second kappa shape index (κ2) is 8.88. The molecule has 0 spiro atoms. The Hall–Kier alpha value is -0.610. The van der Waals surface area contributed by atoms with Crippen molar-refractivity contribution < 1.29 is 9.84 Å². The molecule has 0 heterocycles. The van der Waals surface area contributed by atoms with Gasteiger partial charge in [0, 0.05) is 17.6 Å². The van der Waals surface area contributed by atoms with Crippen LogP contribution in [0.2, 0.25) is 5.02 Å². The third-order valence-electron chi connectivity index (χ3n) is 4.85. The van der Waals surface area contributed by atoms with Crippen molar-refractivity contribution in [1.82, 2.24) is 5.32 Å². The van der Waals surface area contributed by atoms with Crippen LogP contribution in [0.3, 0.4) is 0 Å². The highest BCUT2D eigenvalue weighted by molar-refractivity contribution is 6.31. The zero-order chi connectivity index (χ0) is 15.9. The van der Waals surface area contributed by atoms with E-state index in [1.165, 1.54) is 19.3 Å². The molecule has 1 saturated carbocycles. The minimum absolute atomic E-state index is 0.328. The fourth-order valence-corrected chi connectivity index (χ4v) is 3.33. The van der Waals surface area contributed by atoms with Gasteiger partial charge in [0.15, 0.2) is 0 Å². The van der Waals surface area contributed by atoms with Gasteiger partial charge in [-0.25, -0.2) is 0 Å². The third-order valence-corrected chi connectivity index (χ3v) is 5.22. The predicted molar refractivity (Wildman–Crippen MR) is 91.1 cm³/mol. The van der Waals surface area contributed by atoms with E-state index in [0.717, 1.165) is 11.5 Å². The quantitative estimate of drug-likeness (QED) is 0.804. The number of aliphatic hydroxyl groups excluding tert-OH is 1. The van der Waals surface area contributed by atoms with Gasteiger partial charge in [0.05, 0.1) is 19.3 Å². The molecule has 2 N–H and O–H groups in total. The van der Waals surface area contributed by atoms with Crippen molar-refractivity contribution in [3.8, 4) is 0 Å². The molecular weight excluding hydrogens is 298 g/mol. The molecule has 1 aliphatic rings. The fourth-order valence-electron chi connectivity index (χ4n) is 3.14. The highest BCUT2D eigenvalue weighted by atomic mass is 35.5. The Balaban J connectivity index is 1.66. The average Bonchev–Trinajstić information content (AvgIpc) is 2.51. The van der Waals surface area contributed by atoms with Crippen LogP contribution in [0.15, 0.2) is 24.3 Å². The number of halogens is 1. The summed E-state index contributed by atoms with van der Waals surface area (Å²) in [7, 11) is 0. The van der Waals surface area contributed by atoms with Crippen molar-refractivity contribution in [2.45, 2.75) is 51.9 Å². The van der Waals surface area contributed by atoms with Crippen LogP contribution in [0.25, 0.3) is 0 Å². The van der Waals surface area contributed by atoms with Crippen LogP contribution in [-0.2, 0) is 11.3 Å². The average molecular weight is 326 g/mol. The monoisotopic (exact) mass is 325 g/mol. The number of nitrogens with one attached hydrogen (secondary N) is 1. The van der Waals surface area contributed by atoms with Gasteiger partial charge >= 0.3 is 0 Å². The zero-order valence-electron chi connectivity index (χ0n) is 13.6. The van der Waals surface area contributed by atoms with Gasteiger partial charge in [-0.15, -0.1) is 0 Å². The Morgan fingerprint density at radius 2 is 2.09 bits per heavy atom. The Bertz CT molecular complexity index is 454. The van der Waals surface area contributed by atoms with Crippen molar-refractivity contribution in [3.05, 3.63) is 34.9 Å². The van der Waals surface area contributed by atoms with E-state index in [-0.39, 0.29) is 0 Å². The number of aliphatic hydroxyl groups is 1. The summed E-state index contributed by atoms with van der Waals surface area (Å²) in [6.07, 6.45) is 3.33. The molecule has 0 bridgehead atoms. The molecule has 0 aliphatic heterocycles. The summed E-state index contributed by atoms with van der Waals surface area (Å²) in [6, 6.07) is 8.15. The molecule has 1 aromatic carbocycles. The zero-order valence-corrected chi connectivity index (χ0v) is 14.4. The van der Waals surface area contributed by atoms with Crippen LogP contribution >= 0.6 is 11.6 Å². The second-order valence-electron chi connectivity index (χ2n) is 6.54. The molecule has 4 atom stereocenters. The molecule has 1 aliphatic carbocycles. The molecular formula is C18H28ClNO2. The lowest BCUT2D eigenvalue weighted by Gasteiger charge is -2.35. The van der Waals surface area contributed by atoms with Crippen molar-refractivity contribution in [2.75, 3.05) is 13.2 Å². The van der Waals surface area contributed by atoms with Gasteiger partial charge in [-0.2, -0.15) is 0 Å². The molecule has 2 rings (SSSR count). The van der Waals surface area contributed by atoms with Gasteiger partial charge in [0.25, 0.3) is 0 Å². The first-order valence-corrected chi connectivity index (χ1v) is 8.68. The standard InChI is InChI=1S/C18H28ClNO2/c1-13-6-5-9-18(14(13)2)20-10-16(21)12-22-11-15-7-3-4-8-17(15)19/h3-4,7-8,13-14,16,18,20-21H,5-6,9-12H2,1-2H3. The molecule has 1 aromatic rings. The van der Waals surface area contributed by atoms with Gasteiger partial charge in [-0.1, -0.05) is 56.5 Å². The van der Waals surface area contributed by atoms with Crippen LogP contribution in [0.1, 0.15) is 38.7 Å². The molecule has 0 aromatic heterocycles. The van der Waals surface area contributed by atoms with Crippen LogP contribution in [0.5, 0.6) is 0 Å².